The molecule has 0 radical (unpaired) electrons. The maximum atomic E-state index is 12.3. The van der Waals surface area contributed by atoms with E-state index in [-0.39, 0.29) is 0 Å². The molecule has 90 valence electrons. The zero-order valence-corrected chi connectivity index (χ0v) is 12.1. The van der Waals surface area contributed by atoms with Gasteiger partial charge in [0.15, 0.2) is 0 Å². The summed E-state index contributed by atoms with van der Waals surface area (Å²) in [5.41, 5.74) is 0.545. The molecule has 0 aliphatic heterocycles. The molecule has 1 aromatic carbocycles. The highest BCUT2D eigenvalue weighted by molar-refractivity contribution is 8.58. The van der Waals surface area contributed by atoms with Gasteiger partial charge in [0.25, 0.3) is 6.57 Å². The molecule has 0 aliphatic rings. The summed E-state index contributed by atoms with van der Waals surface area (Å²) in [5.74, 6) is 0.826. The Morgan fingerprint density at radius 1 is 1.25 bits per heavy atom. The van der Waals surface area contributed by atoms with Crippen LogP contribution in [-0.4, -0.2) is 17.9 Å². The molecule has 0 bridgehead atoms. The standard InChI is InChI=1S/C11H17O2PS2/c1-3-13-14(12,16-4-2)10-15-11-8-6-5-7-9-11/h5-9H,3-4,10H2,1-2H3. The number of rotatable bonds is 7. The number of thioether (sulfide) groups is 1. The number of hydrogen-bond donors (Lipinski definition) is 0. The van der Waals surface area contributed by atoms with E-state index >= 15 is 0 Å². The van der Waals surface area contributed by atoms with Crippen LogP contribution >= 0.6 is 29.7 Å². The third-order valence-electron chi connectivity index (χ3n) is 1.78. The zero-order valence-electron chi connectivity index (χ0n) is 9.59. The van der Waals surface area contributed by atoms with Crippen molar-refractivity contribution in [1.29, 1.82) is 0 Å². The predicted molar refractivity (Wildman–Crippen MR) is 74.5 cm³/mol. The molecule has 0 amide bonds. The van der Waals surface area contributed by atoms with Crippen molar-refractivity contribution in [2.75, 3.05) is 17.9 Å². The van der Waals surface area contributed by atoms with Gasteiger partial charge in [-0.1, -0.05) is 36.5 Å². The summed E-state index contributed by atoms with van der Waals surface area (Å²) in [6.07, 6.45) is 0. The Morgan fingerprint density at radius 3 is 2.50 bits per heavy atom. The Labute approximate surface area is 106 Å². The predicted octanol–water partition coefficient (Wildman–Crippen LogP) is 4.72. The largest absolute Gasteiger partial charge is 0.321 e. The van der Waals surface area contributed by atoms with E-state index in [1.165, 1.54) is 11.4 Å². The van der Waals surface area contributed by atoms with Crippen molar-refractivity contribution >= 4 is 29.7 Å². The molecule has 0 N–H and O–H groups in total. The second-order valence-corrected chi connectivity index (χ2v) is 9.58. The molecular weight excluding hydrogens is 259 g/mol. The lowest BCUT2D eigenvalue weighted by molar-refractivity contribution is 0.349. The Bertz CT molecular complexity index is 333. The molecule has 0 spiro atoms. The lowest BCUT2D eigenvalue weighted by Crippen LogP contribution is -1.90. The Morgan fingerprint density at radius 2 is 1.94 bits per heavy atom. The van der Waals surface area contributed by atoms with E-state index in [1.54, 1.807) is 11.8 Å². The van der Waals surface area contributed by atoms with Gasteiger partial charge in [0.05, 0.1) is 12.1 Å². The van der Waals surface area contributed by atoms with E-state index in [2.05, 4.69) is 0 Å². The third-order valence-corrected chi connectivity index (χ3v) is 8.69. The topological polar surface area (TPSA) is 26.3 Å². The molecule has 1 aromatic rings. The molecule has 5 heteroatoms. The summed E-state index contributed by atoms with van der Waals surface area (Å²) in [6.45, 7) is 1.90. The van der Waals surface area contributed by atoms with Gasteiger partial charge in [-0.2, -0.15) is 0 Å². The quantitative estimate of drug-likeness (QED) is 0.532. The van der Waals surface area contributed by atoms with E-state index in [4.69, 9.17) is 4.52 Å². The van der Waals surface area contributed by atoms with Gasteiger partial charge in [0.1, 0.15) is 0 Å². The summed E-state index contributed by atoms with van der Waals surface area (Å²) >= 11 is 3.03. The van der Waals surface area contributed by atoms with Crippen molar-refractivity contribution in [3.8, 4) is 0 Å². The number of hydrogen-bond acceptors (Lipinski definition) is 4. The van der Waals surface area contributed by atoms with Gasteiger partial charge >= 0.3 is 0 Å². The van der Waals surface area contributed by atoms with E-state index in [0.717, 1.165) is 10.6 Å². The molecular formula is C11H17O2PS2. The molecule has 0 aromatic heterocycles. The minimum atomic E-state index is -2.51. The molecule has 16 heavy (non-hydrogen) atoms. The fourth-order valence-electron chi connectivity index (χ4n) is 1.18. The first-order valence-electron chi connectivity index (χ1n) is 5.26. The molecule has 1 unspecified atom stereocenters. The lowest BCUT2D eigenvalue weighted by Gasteiger charge is -2.15. The molecule has 1 rings (SSSR count). The van der Waals surface area contributed by atoms with Crippen molar-refractivity contribution in [2.24, 2.45) is 0 Å². The van der Waals surface area contributed by atoms with Crippen molar-refractivity contribution in [2.45, 2.75) is 18.7 Å². The first-order valence-corrected chi connectivity index (χ1v) is 9.65. The fraction of sp³-hybridized carbons (Fsp3) is 0.455. The van der Waals surface area contributed by atoms with E-state index in [0.29, 0.717) is 12.1 Å². The molecule has 0 aliphatic carbocycles. The van der Waals surface area contributed by atoms with Gasteiger partial charge in [-0.3, -0.25) is 4.57 Å². The molecule has 0 fully saturated rings. The summed E-state index contributed by atoms with van der Waals surface area (Å²) < 4.78 is 17.7. The van der Waals surface area contributed by atoms with Crippen molar-refractivity contribution in [3.05, 3.63) is 30.3 Å². The highest BCUT2D eigenvalue weighted by Crippen LogP contribution is 2.61. The highest BCUT2D eigenvalue weighted by Gasteiger charge is 2.22. The monoisotopic (exact) mass is 276 g/mol. The molecule has 0 saturated carbocycles. The maximum absolute atomic E-state index is 12.3. The van der Waals surface area contributed by atoms with Crippen LogP contribution in [0.4, 0.5) is 0 Å². The molecule has 2 nitrogen and oxygen atoms in total. The first kappa shape index (κ1) is 14.2. The molecule has 0 heterocycles. The Balaban J connectivity index is 2.53. The van der Waals surface area contributed by atoms with Crippen LogP contribution in [0.3, 0.4) is 0 Å². The zero-order chi connectivity index (χ0) is 11.9. The number of benzene rings is 1. The van der Waals surface area contributed by atoms with Gasteiger partial charge in [0.2, 0.25) is 0 Å². The fourth-order valence-corrected chi connectivity index (χ4v) is 7.08. The average Bonchev–Trinajstić information content (AvgIpc) is 2.29. The lowest BCUT2D eigenvalue weighted by atomic mass is 10.4. The summed E-state index contributed by atoms with van der Waals surface area (Å²) in [6, 6.07) is 10.0. The average molecular weight is 276 g/mol. The second kappa shape index (κ2) is 7.44. The molecule has 1 atom stereocenters. The Hall–Kier alpha value is 0.110. The van der Waals surface area contributed by atoms with Crippen LogP contribution in [0, 0.1) is 0 Å². The second-order valence-electron chi connectivity index (χ2n) is 3.03. The van der Waals surface area contributed by atoms with Crippen LogP contribution < -0.4 is 0 Å². The first-order chi connectivity index (χ1) is 7.70. The van der Waals surface area contributed by atoms with Crippen molar-refractivity contribution in [3.63, 3.8) is 0 Å². The minimum absolute atomic E-state index is 0.514. The van der Waals surface area contributed by atoms with Crippen LogP contribution in [0.5, 0.6) is 0 Å². The van der Waals surface area contributed by atoms with E-state index in [1.807, 2.05) is 44.2 Å². The van der Waals surface area contributed by atoms with E-state index < -0.39 is 6.57 Å². The van der Waals surface area contributed by atoms with Crippen LogP contribution in [-0.2, 0) is 9.09 Å². The van der Waals surface area contributed by atoms with Gasteiger partial charge in [-0.05, 0) is 24.8 Å². The normalized spacial score (nSPS) is 14.6. The highest BCUT2D eigenvalue weighted by atomic mass is 32.7. The summed E-state index contributed by atoms with van der Waals surface area (Å²) in [4.78, 5) is 1.14. The smallest absolute Gasteiger partial charge is 0.267 e. The van der Waals surface area contributed by atoms with Crippen LogP contribution in [0.1, 0.15) is 13.8 Å². The van der Waals surface area contributed by atoms with Gasteiger partial charge < -0.3 is 4.52 Å². The van der Waals surface area contributed by atoms with Crippen LogP contribution in [0.15, 0.2) is 35.2 Å². The SMILES string of the molecule is CCOP(=O)(CSc1ccccc1)SCC. The van der Waals surface area contributed by atoms with Gasteiger partial charge in [-0.25, -0.2) is 0 Å². The summed E-state index contributed by atoms with van der Waals surface area (Å²) in [5, 5.41) is 0. The van der Waals surface area contributed by atoms with Crippen molar-refractivity contribution < 1.29 is 9.09 Å². The van der Waals surface area contributed by atoms with Crippen LogP contribution in [0.25, 0.3) is 0 Å². The van der Waals surface area contributed by atoms with Gasteiger partial charge in [-0.15, -0.1) is 11.8 Å². The van der Waals surface area contributed by atoms with Crippen LogP contribution in [0.2, 0.25) is 0 Å². The molecule has 0 saturated heterocycles. The van der Waals surface area contributed by atoms with Crippen molar-refractivity contribution in [1.82, 2.24) is 0 Å². The summed E-state index contributed by atoms with van der Waals surface area (Å²) in [7, 11) is 0. The Kier molecular flexibility index (Phi) is 6.59. The minimum Gasteiger partial charge on any atom is -0.321 e. The van der Waals surface area contributed by atoms with Gasteiger partial charge in [0, 0.05) is 4.90 Å². The van der Waals surface area contributed by atoms with E-state index in [9.17, 15) is 4.57 Å². The maximum Gasteiger partial charge on any atom is 0.267 e. The third kappa shape index (κ3) is 4.96.